The number of para-hydroxylation sites is 1. The maximum absolute atomic E-state index is 12.2. The molecular formula is C14H18ClN3OS. The quantitative estimate of drug-likeness (QED) is 0.896. The second kappa shape index (κ2) is 6.52. The zero-order chi connectivity index (χ0) is 13.2. The molecule has 20 heavy (non-hydrogen) atoms. The number of thiazole rings is 1. The van der Waals surface area contributed by atoms with E-state index in [1.807, 2.05) is 25.1 Å². The Bertz CT molecular complexity index is 607. The summed E-state index contributed by atoms with van der Waals surface area (Å²) in [5.41, 5.74) is 2.14. The van der Waals surface area contributed by atoms with Crippen molar-refractivity contribution < 1.29 is 4.79 Å². The van der Waals surface area contributed by atoms with E-state index in [-0.39, 0.29) is 24.2 Å². The van der Waals surface area contributed by atoms with E-state index in [4.69, 9.17) is 0 Å². The van der Waals surface area contributed by atoms with Gasteiger partial charge in [-0.15, -0.1) is 12.4 Å². The fraction of sp³-hybridized carbons (Fsp3) is 0.429. The number of piperidine rings is 1. The zero-order valence-electron chi connectivity index (χ0n) is 11.3. The number of amides is 1. The van der Waals surface area contributed by atoms with E-state index in [1.165, 1.54) is 0 Å². The monoisotopic (exact) mass is 311 g/mol. The summed E-state index contributed by atoms with van der Waals surface area (Å²) in [4.78, 5) is 16.7. The van der Waals surface area contributed by atoms with Crippen LogP contribution in [0.3, 0.4) is 0 Å². The van der Waals surface area contributed by atoms with Crippen molar-refractivity contribution in [3.63, 3.8) is 0 Å². The van der Waals surface area contributed by atoms with Gasteiger partial charge in [0.2, 0.25) is 5.91 Å². The zero-order valence-corrected chi connectivity index (χ0v) is 12.9. The van der Waals surface area contributed by atoms with Crippen LogP contribution in [0.1, 0.15) is 18.4 Å². The maximum Gasteiger partial charge on any atom is 0.229 e. The molecule has 0 radical (unpaired) electrons. The van der Waals surface area contributed by atoms with Gasteiger partial charge in [-0.3, -0.25) is 4.79 Å². The molecule has 2 aromatic rings. The minimum Gasteiger partial charge on any atom is -0.317 e. The first-order chi connectivity index (χ1) is 9.24. The molecule has 0 aliphatic carbocycles. The van der Waals surface area contributed by atoms with Gasteiger partial charge < -0.3 is 10.6 Å². The number of nitrogens with zero attached hydrogens (tertiary/aromatic N) is 1. The van der Waals surface area contributed by atoms with Crippen LogP contribution in [0.5, 0.6) is 0 Å². The highest BCUT2D eigenvalue weighted by Gasteiger charge is 2.21. The smallest absolute Gasteiger partial charge is 0.229 e. The first kappa shape index (κ1) is 15.2. The molecule has 108 valence electrons. The van der Waals surface area contributed by atoms with Crippen molar-refractivity contribution in [2.24, 2.45) is 5.92 Å². The maximum atomic E-state index is 12.2. The Morgan fingerprint density at radius 2 is 2.15 bits per heavy atom. The Kier molecular flexibility index (Phi) is 4.96. The highest BCUT2D eigenvalue weighted by atomic mass is 35.5. The molecule has 1 amide bonds. The van der Waals surface area contributed by atoms with E-state index in [9.17, 15) is 4.79 Å². The average Bonchev–Trinajstić information content (AvgIpc) is 2.84. The molecule has 4 nitrogen and oxygen atoms in total. The highest BCUT2D eigenvalue weighted by molar-refractivity contribution is 7.22. The van der Waals surface area contributed by atoms with Crippen LogP contribution in [-0.2, 0) is 4.79 Å². The number of aryl methyl sites for hydroxylation is 1. The Morgan fingerprint density at radius 1 is 1.40 bits per heavy atom. The number of nitrogens with one attached hydrogen (secondary N) is 2. The third-order valence-corrected chi connectivity index (χ3v) is 4.50. The van der Waals surface area contributed by atoms with Gasteiger partial charge in [0.15, 0.2) is 5.13 Å². The fourth-order valence-electron chi connectivity index (χ4n) is 2.43. The van der Waals surface area contributed by atoms with Crippen molar-refractivity contribution in [2.45, 2.75) is 19.8 Å². The van der Waals surface area contributed by atoms with Crippen molar-refractivity contribution in [2.75, 3.05) is 18.4 Å². The number of anilines is 1. The largest absolute Gasteiger partial charge is 0.317 e. The predicted molar refractivity (Wildman–Crippen MR) is 85.8 cm³/mol. The minimum absolute atomic E-state index is 0. The van der Waals surface area contributed by atoms with Gasteiger partial charge in [-0.05, 0) is 44.5 Å². The summed E-state index contributed by atoms with van der Waals surface area (Å²) in [6.45, 7) is 3.90. The number of aromatic nitrogens is 1. The predicted octanol–water partition coefficient (Wildman–Crippen LogP) is 2.96. The lowest BCUT2D eigenvalue weighted by atomic mass is 9.97. The number of carbonyl (C=O) groups excluding carboxylic acids is 1. The van der Waals surface area contributed by atoms with E-state index in [2.05, 4.69) is 15.6 Å². The van der Waals surface area contributed by atoms with E-state index >= 15 is 0 Å². The summed E-state index contributed by atoms with van der Waals surface area (Å²) in [6, 6.07) is 6.11. The van der Waals surface area contributed by atoms with Crippen LogP contribution in [0, 0.1) is 12.8 Å². The molecule has 1 aromatic heterocycles. The van der Waals surface area contributed by atoms with Gasteiger partial charge in [-0.1, -0.05) is 23.5 Å². The number of hydrogen-bond acceptors (Lipinski definition) is 4. The molecule has 0 atom stereocenters. The topological polar surface area (TPSA) is 54.0 Å². The summed E-state index contributed by atoms with van der Waals surface area (Å²) in [5.74, 6) is 0.229. The van der Waals surface area contributed by atoms with Gasteiger partial charge >= 0.3 is 0 Å². The van der Waals surface area contributed by atoms with Crippen LogP contribution >= 0.6 is 23.7 Å². The first-order valence-electron chi connectivity index (χ1n) is 6.62. The molecule has 3 rings (SSSR count). The van der Waals surface area contributed by atoms with Crippen LogP contribution in [0.15, 0.2) is 18.2 Å². The molecule has 0 bridgehead atoms. The third-order valence-electron chi connectivity index (χ3n) is 3.56. The number of hydrogen-bond donors (Lipinski definition) is 2. The van der Waals surface area contributed by atoms with Crippen LogP contribution in [0.4, 0.5) is 5.13 Å². The molecule has 1 aromatic carbocycles. The number of carbonyl (C=O) groups is 1. The third kappa shape index (κ3) is 3.11. The summed E-state index contributed by atoms with van der Waals surface area (Å²) >= 11 is 1.55. The second-order valence-corrected chi connectivity index (χ2v) is 5.98. The Hall–Kier alpha value is -1.17. The van der Waals surface area contributed by atoms with E-state index < -0.39 is 0 Å². The van der Waals surface area contributed by atoms with Crippen molar-refractivity contribution in [1.82, 2.24) is 10.3 Å². The lowest BCUT2D eigenvalue weighted by Gasteiger charge is -2.20. The molecule has 2 N–H and O–H groups in total. The Balaban J connectivity index is 0.00000147. The van der Waals surface area contributed by atoms with Gasteiger partial charge in [-0.2, -0.15) is 0 Å². The van der Waals surface area contributed by atoms with Crippen LogP contribution < -0.4 is 10.6 Å². The van der Waals surface area contributed by atoms with Crippen LogP contribution in [-0.4, -0.2) is 24.0 Å². The van der Waals surface area contributed by atoms with Gasteiger partial charge in [0.25, 0.3) is 0 Å². The summed E-state index contributed by atoms with van der Waals surface area (Å²) in [7, 11) is 0. The van der Waals surface area contributed by atoms with Gasteiger partial charge in [0, 0.05) is 5.92 Å². The molecule has 0 saturated carbocycles. The first-order valence-corrected chi connectivity index (χ1v) is 7.43. The molecule has 0 unspecified atom stereocenters. The van der Waals surface area contributed by atoms with Gasteiger partial charge in [-0.25, -0.2) is 4.98 Å². The SMILES string of the molecule is Cc1cccc2sc(NC(=O)C3CCNCC3)nc12.Cl. The van der Waals surface area contributed by atoms with Crippen molar-refractivity contribution in [1.29, 1.82) is 0 Å². The van der Waals surface area contributed by atoms with E-state index in [0.29, 0.717) is 5.13 Å². The molecule has 1 fully saturated rings. The lowest BCUT2D eigenvalue weighted by Crippen LogP contribution is -2.34. The van der Waals surface area contributed by atoms with Crippen LogP contribution in [0.25, 0.3) is 10.2 Å². The van der Waals surface area contributed by atoms with Crippen molar-refractivity contribution in [3.8, 4) is 0 Å². The summed E-state index contributed by atoms with van der Waals surface area (Å²) in [6.07, 6.45) is 1.82. The lowest BCUT2D eigenvalue weighted by molar-refractivity contribution is -0.120. The summed E-state index contributed by atoms with van der Waals surface area (Å²) in [5, 5.41) is 6.95. The van der Waals surface area contributed by atoms with Gasteiger partial charge in [0.05, 0.1) is 10.2 Å². The van der Waals surface area contributed by atoms with Crippen molar-refractivity contribution in [3.05, 3.63) is 23.8 Å². The summed E-state index contributed by atoms with van der Waals surface area (Å²) < 4.78 is 1.13. The number of rotatable bonds is 2. The standard InChI is InChI=1S/C14H17N3OS.ClH/c1-9-3-2-4-11-12(9)16-14(19-11)17-13(18)10-5-7-15-8-6-10;/h2-4,10,15H,5-8H2,1H3,(H,16,17,18);1H. The van der Waals surface area contributed by atoms with E-state index in [0.717, 1.165) is 41.7 Å². The number of benzene rings is 1. The number of fused-ring (bicyclic) bond motifs is 1. The second-order valence-electron chi connectivity index (χ2n) is 4.95. The Morgan fingerprint density at radius 3 is 2.85 bits per heavy atom. The Labute approximate surface area is 128 Å². The fourth-order valence-corrected chi connectivity index (χ4v) is 3.38. The molecule has 6 heteroatoms. The minimum atomic E-state index is 0. The molecule has 0 spiro atoms. The molecule has 1 aliphatic heterocycles. The molecule has 2 heterocycles. The number of halogens is 1. The molecule has 1 saturated heterocycles. The molecule has 1 aliphatic rings. The normalized spacial score (nSPS) is 15.8. The highest BCUT2D eigenvalue weighted by Crippen LogP contribution is 2.28. The van der Waals surface area contributed by atoms with E-state index in [1.54, 1.807) is 11.3 Å². The van der Waals surface area contributed by atoms with Crippen molar-refractivity contribution >= 4 is 45.0 Å². The van der Waals surface area contributed by atoms with Crippen LogP contribution in [0.2, 0.25) is 0 Å². The average molecular weight is 312 g/mol. The molecular weight excluding hydrogens is 294 g/mol. The van der Waals surface area contributed by atoms with Gasteiger partial charge in [0.1, 0.15) is 0 Å².